The minimum atomic E-state index is -1.23. The average molecular weight is 627 g/mol. The number of amides is 2. The highest BCUT2D eigenvalue weighted by atomic mass is 35.5. The average Bonchev–Trinajstić information content (AvgIpc) is 2.98. The molecule has 4 bridgehead atoms. The Morgan fingerprint density at radius 2 is 1.58 bits per heavy atom. The van der Waals surface area contributed by atoms with E-state index in [-0.39, 0.29) is 33.5 Å². The molecule has 0 saturated carbocycles. The van der Waals surface area contributed by atoms with Gasteiger partial charge in [0.25, 0.3) is 0 Å². The fraction of sp³-hybridized carbons (Fsp3) is 0.357. The molecule has 2 amide bonds. The molecule has 7 heterocycles. The molecule has 3 aromatic rings. The number of carboxylic acids is 2. The van der Waals surface area contributed by atoms with Gasteiger partial charge in [0.15, 0.2) is 23.0 Å². The fourth-order valence-electron chi connectivity index (χ4n) is 5.94. The zero-order chi connectivity index (χ0) is 30.2. The number of nitrogens with one attached hydrogen (secondary N) is 2. The molecule has 4 N–H and O–H groups in total. The molecule has 224 valence electrons. The Morgan fingerprint density at radius 1 is 0.907 bits per heavy atom. The first-order chi connectivity index (χ1) is 20.7. The van der Waals surface area contributed by atoms with E-state index in [1.54, 1.807) is 36.5 Å². The van der Waals surface area contributed by atoms with Crippen LogP contribution in [0.25, 0.3) is 0 Å². The minimum Gasteiger partial charge on any atom is -0.476 e. The quantitative estimate of drug-likeness (QED) is 0.319. The van der Waals surface area contributed by atoms with Crippen LogP contribution in [0.5, 0.6) is 0 Å². The molecule has 4 aliphatic rings. The van der Waals surface area contributed by atoms with E-state index in [0.29, 0.717) is 35.7 Å². The summed E-state index contributed by atoms with van der Waals surface area (Å²) < 4.78 is 0. The highest BCUT2D eigenvalue weighted by Crippen LogP contribution is 2.40. The van der Waals surface area contributed by atoms with Crippen LogP contribution in [0.3, 0.4) is 0 Å². The number of aromatic nitrogens is 3. The van der Waals surface area contributed by atoms with Crippen LogP contribution >= 0.6 is 23.2 Å². The minimum absolute atomic E-state index is 0.0605. The molecule has 7 rings (SSSR count). The fourth-order valence-corrected chi connectivity index (χ4v) is 6.39. The Labute approximate surface area is 256 Å². The molecule has 2 atom stereocenters. The van der Waals surface area contributed by atoms with Crippen LogP contribution in [0.1, 0.15) is 46.7 Å². The van der Waals surface area contributed by atoms with Crippen LogP contribution < -0.4 is 25.3 Å². The smallest absolute Gasteiger partial charge is 0.356 e. The van der Waals surface area contributed by atoms with Crippen molar-refractivity contribution in [3.05, 3.63) is 58.0 Å². The largest absolute Gasteiger partial charge is 0.476 e. The zero-order valence-corrected chi connectivity index (χ0v) is 24.3. The predicted octanol–water partition coefficient (Wildman–Crippen LogP) is 4.68. The number of anilines is 5. The van der Waals surface area contributed by atoms with E-state index in [4.69, 9.17) is 28.3 Å². The molecular weight excluding hydrogens is 599 g/mol. The summed E-state index contributed by atoms with van der Waals surface area (Å²) in [4.78, 5) is 53.6. The summed E-state index contributed by atoms with van der Waals surface area (Å²) >= 11 is 12.0. The Bertz CT molecular complexity index is 1590. The maximum atomic E-state index is 12.9. The monoisotopic (exact) mass is 626 g/mol. The summed E-state index contributed by atoms with van der Waals surface area (Å²) in [5.74, 6) is -0.942. The van der Waals surface area contributed by atoms with Crippen LogP contribution in [0, 0.1) is 0 Å². The summed E-state index contributed by atoms with van der Waals surface area (Å²) in [6.07, 6.45) is 5.56. The summed E-state index contributed by atoms with van der Waals surface area (Å²) in [5, 5.41) is 24.6. The molecule has 3 aromatic heterocycles. The third-order valence-corrected chi connectivity index (χ3v) is 8.43. The Morgan fingerprint density at radius 3 is 2.28 bits per heavy atom. The number of pyridine rings is 3. The number of piperidine rings is 2. The molecule has 0 aromatic carbocycles. The highest BCUT2D eigenvalue weighted by molar-refractivity contribution is 6.34. The van der Waals surface area contributed by atoms with Gasteiger partial charge in [-0.2, -0.15) is 0 Å². The number of carbonyl (C=O) groups excluding carboxylic acids is 1. The van der Waals surface area contributed by atoms with Crippen molar-refractivity contribution >= 4 is 70.0 Å². The summed E-state index contributed by atoms with van der Waals surface area (Å²) in [7, 11) is 0. The van der Waals surface area contributed by atoms with Gasteiger partial charge in [-0.3, -0.25) is 10.2 Å². The molecule has 0 spiro atoms. The van der Waals surface area contributed by atoms with Crippen molar-refractivity contribution in [1.29, 1.82) is 0 Å². The van der Waals surface area contributed by atoms with Crippen molar-refractivity contribution in [3.63, 3.8) is 0 Å². The first-order valence-corrected chi connectivity index (χ1v) is 14.6. The molecular formula is C28H28Cl2N8O5. The molecule has 2 fully saturated rings. The van der Waals surface area contributed by atoms with Gasteiger partial charge in [-0.1, -0.05) is 29.3 Å². The molecule has 0 aliphatic carbocycles. The van der Waals surface area contributed by atoms with E-state index in [2.05, 4.69) is 35.4 Å². The normalized spacial score (nSPS) is 19.6. The summed E-state index contributed by atoms with van der Waals surface area (Å²) in [6.45, 7) is 3.41. The molecule has 4 aliphatic heterocycles. The number of carbonyl (C=O) groups is 3. The van der Waals surface area contributed by atoms with Crippen LogP contribution in [0.4, 0.5) is 33.6 Å². The maximum absolute atomic E-state index is 12.9. The van der Waals surface area contributed by atoms with Crippen LogP contribution in [0.15, 0.2) is 36.5 Å². The lowest BCUT2D eigenvalue weighted by Gasteiger charge is -2.45. The maximum Gasteiger partial charge on any atom is 0.356 e. The van der Waals surface area contributed by atoms with Gasteiger partial charge in [0.1, 0.15) is 5.82 Å². The third-order valence-electron chi connectivity index (χ3n) is 7.85. The number of carboxylic acid groups (broad SMARTS) is 2. The first kappa shape index (κ1) is 28.7. The number of aromatic carboxylic acids is 2. The number of hydrogen-bond acceptors (Lipinski definition) is 9. The third kappa shape index (κ3) is 5.69. The van der Waals surface area contributed by atoms with Crippen molar-refractivity contribution in [2.45, 2.75) is 37.8 Å². The van der Waals surface area contributed by atoms with Crippen LogP contribution in [0.2, 0.25) is 10.0 Å². The predicted molar refractivity (Wildman–Crippen MR) is 162 cm³/mol. The molecule has 43 heavy (non-hydrogen) atoms. The van der Waals surface area contributed by atoms with Gasteiger partial charge >= 0.3 is 18.0 Å². The van der Waals surface area contributed by atoms with Crippen LogP contribution in [-0.2, 0) is 0 Å². The van der Waals surface area contributed by atoms with Gasteiger partial charge in [-0.15, -0.1) is 0 Å². The second-order valence-corrected chi connectivity index (χ2v) is 11.5. The van der Waals surface area contributed by atoms with E-state index in [1.807, 2.05) is 0 Å². The summed E-state index contributed by atoms with van der Waals surface area (Å²) in [6, 6.07) is 8.39. The number of rotatable bonds is 3. The van der Waals surface area contributed by atoms with E-state index in [9.17, 15) is 19.5 Å². The Kier molecular flexibility index (Phi) is 7.84. The van der Waals surface area contributed by atoms with Gasteiger partial charge < -0.3 is 25.3 Å². The van der Waals surface area contributed by atoms with E-state index >= 15 is 0 Å². The number of fused-ring (bicyclic) bond motifs is 8. The lowest BCUT2D eigenvalue weighted by molar-refractivity contribution is 0.0680. The lowest BCUT2D eigenvalue weighted by Crippen LogP contribution is -2.56. The molecule has 13 nitrogen and oxygen atoms in total. The summed E-state index contributed by atoms with van der Waals surface area (Å²) in [5.41, 5.74) is 1.24. The van der Waals surface area contributed by atoms with Crippen molar-refractivity contribution < 1.29 is 24.6 Å². The first-order valence-electron chi connectivity index (χ1n) is 13.8. The Balaban J connectivity index is 0.000000167. The van der Waals surface area contributed by atoms with E-state index in [0.717, 1.165) is 51.0 Å². The van der Waals surface area contributed by atoms with E-state index < -0.39 is 11.9 Å². The van der Waals surface area contributed by atoms with E-state index in [1.165, 1.54) is 4.90 Å². The van der Waals surface area contributed by atoms with Crippen molar-refractivity contribution in [2.75, 3.05) is 51.5 Å². The van der Waals surface area contributed by atoms with Gasteiger partial charge in [0.05, 0.1) is 27.5 Å². The molecule has 0 unspecified atom stereocenters. The number of urea groups is 1. The molecule has 0 radical (unpaired) electrons. The van der Waals surface area contributed by atoms with Gasteiger partial charge in [0.2, 0.25) is 0 Å². The molecule has 2 saturated heterocycles. The number of halogens is 2. The van der Waals surface area contributed by atoms with Gasteiger partial charge in [0, 0.05) is 38.4 Å². The van der Waals surface area contributed by atoms with Crippen molar-refractivity contribution in [1.82, 2.24) is 15.0 Å². The lowest BCUT2D eigenvalue weighted by atomic mass is 10.00. The number of nitrogens with zero attached hydrogens (tertiary/aromatic N) is 6. The topological polar surface area (TPSA) is 164 Å². The second kappa shape index (κ2) is 11.7. The van der Waals surface area contributed by atoms with Crippen molar-refractivity contribution in [3.8, 4) is 0 Å². The van der Waals surface area contributed by atoms with Crippen LogP contribution in [-0.4, -0.2) is 81.4 Å². The Hall–Kier alpha value is -4.36. The van der Waals surface area contributed by atoms with Gasteiger partial charge in [-0.25, -0.2) is 29.3 Å². The SMILES string of the molecule is O=C(O)c1nc2c(cc1Cl)N1CCC[C@@H](C1)N2.O=C(O)c1nc2c(cc1Cl)N1CCC[C@@H](C1)N2C(=O)Nc1ccccn1. The highest BCUT2D eigenvalue weighted by Gasteiger charge is 2.39. The van der Waals surface area contributed by atoms with Gasteiger partial charge in [-0.05, 0) is 49.9 Å². The second-order valence-electron chi connectivity index (χ2n) is 10.6. The molecule has 15 heteroatoms. The van der Waals surface area contributed by atoms with Crippen molar-refractivity contribution in [2.24, 2.45) is 0 Å². The zero-order valence-electron chi connectivity index (χ0n) is 22.8. The standard InChI is InChI=1S/C17H16ClN5O3.C11H12ClN3O2/c18-11-8-12-15(21-14(11)16(24)25)23(10-4-3-7-22(12)9-10)17(26)20-13-5-1-2-6-19-13;12-7-4-8-10(14-9(7)11(16)17)13-6-2-1-3-15(8)5-6/h1-2,5-6,8,10H,3-4,7,9H2,(H,24,25)(H,19,20,26);4,6H,1-3,5H2,(H,13,14)(H,16,17)/t10-;6-/m00/s1. The number of hydrogen-bond donors (Lipinski definition) is 4.